The first-order valence-corrected chi connectivity index (χ1v) is 7.50. The molecule has 4 heteroatoms. The van der Waals surface area contributed by atoms with Gasteiger partial charge in [-0.3, -0.25) is 0 Å². The Balaban J connectivity index is 1.78. The Morgan fingerprint density at radius 2 is 2.00 bits per heavy atom. The zero-order chi connectivity index (χ0) is 13.2. The molecule has 3 rings (SSSR count). The van der Waals surface area contributed by atoms with Gasteiger partial charge in [0.25, 0.3) is 0 Å². The van der Waals surface area contributed by atoms with E-state index in [1.807, 2.05) is 36.4 Å². The quantitative estimate of drug-likeness (QED) is 0.725. The lowest BCUT2D eigenvalue weighted by molar-refractivity contribution is 0.292. The van der Waals surface area contributed by atoms with Crippen LogP contribution >= 0.6 is 34.2 Å². The van der Waals surface area contributed by atoms with Crippen LogP contribution in [0.5, 0.6) is 11.5 Å². The van der Waals surface area contributed by atoms with Gasteiger partial charge in [0.2, 0.25) is 0 Å². The van der Waals surface area contributed by atoms with Crippen LogP contribution in [0.3, 0.4) is 0 Å². The predicted molar refractivity (Wildman–Crippen MR) is 84.1 cm³/mol. The van der Waals surface area contributed by atoms with Crippen LogP contribution in [-0.2, 0) is 13.0 Å². The first-order valence-electron chi connectivity index (χ1n) is 6.05. The monoisotopic (exact) mass is 386 g/mol. The Labute approximate surface area is 130 Å². The minimum atomic E-state index is 0.476. The molecule has 1 aliphatic heterocycles. The van der Waals surface area contributed by atoms with Crippen molar-refractivity contribution in [2.75, 3.05) is 6.61 Å². The van der Waals surface area contributed by atoms with E-state index in [0.717, 1.165) is 35.1 Å². The van der Waals surface area contributed by atoms with E-state index >= 15 is 0 Å². The Morgan fingerprint density at radius 1 is 1.21 bits per heavy atom. The third-order valence-corrected chi connectivity index (χ3v) is 3.97. The summed E-state index contributed by atoms with van der Waals surface area (Å²) in [7, 11) is 0. The summed E-state index contributed by atoms with van der Waals surface area (Å²) in [6.07, 6.45) is 0.923. The van der Waals surface area contributed by atoms with Crippen molar-refractivity contribution in [3.63, 3.8) is 0 Å². The summed E-state index contributed by atoms with van der Waals surface area (Å²) < 4.78 is 12.6. The Kier molecular flexibility index (Phi) is 3.84. The van der Waals surface area contributed by atoms with Crippen LogP contribution < -0.4 is 9.47 Å². The molecule has 0 N–H and O–H groups in total. The topological polar surface area (TPSA) is 18.5 Å². The highest BCUT2D eigenvalue weighted by Crippen LogP contribution is 2.33. The largest absolute Gasteiger partial charge is 0.493 e. The highest BCUT2D eigenvalue weighted by Gasteiger charge is 2.17. The van der Waals surface area contributed by atoms with Crippen molar-refractivity contribution in [3.8, 4) is 11.5 Å². The molecule has 0 saturated carbocycles. The van der Waals surface area contributed by atoms with E-state index in [-0.39, 0.29) is 0 Å². The molecule has 0 fully saturated rings. The van der Waals surface area contributed by atoms with Crippen LogP contribution in [0.4, 0.5) is 0 Å². The molecule has 98 valence electrons. The molecule has 0 aromatic heterocycles. The van der Waals surface area contributed by atoms with Crippen LogP contribution in [0, 0.1) is 3.57 Å². The third-order valence-electron chi connectivity index (χ3n) is 3.03. The number of hydrogen-bond acceptors (Lipinski definition) is 2. The summed E-state index contributed by atoms with van der Waals surface area (Å²) in [6, 6.07) is 11.9. The minimum absolute atomic E-state index is 0.476. The number of fused-ring (bicyclic) bond motifs is 1. The van der Waals surface area contributed by atoms with E-state index < -0.39 is 0 Å². The smallest absolute Gasteiger partial charge is 0.129 e. The number of rotatable bonds is 3. The SMILES string of the molecule is Clc1cc2c(c(COc3ccc(I)cc3)c1)OCC2. The highest BCUT2D eigenvalue weighted by atomic mass is 127. The maximum Gasteiger partial charge on any atom is 0.129 e. The molecule has 19 heavy (non-hydrogen) atoms. The van der Waals surface area contributed by atoms with Crippen LogP contribution in [-0.4, -0.2) is 6.61 Å². The average molecular weight is 387 g/mol. The van der Waals surface area contributed by atoms with Crippen LogP contribution in [0.1, 0.15) is 11.1 Å². The normalized spacial score (nSPS) is 12.9. The molecule has 0 saturated heterocycles. The van der Waals surface area contributed by atoms with E-state index in [2.05, 4.69) is 22.6 Å². The zero-order valence-corrected chi connectivity index (χ0v) is 13.1. The second-order valence-corrected chi connectivity index (χ2v) is 6.08. The number of ether oxygens (including phenoxy) is 2. The lowest BCUT2D eigenvalue weighted by Gasteiger charge is -2.10. The molecule has 1 aliphatic rings. The Bertz CT molecular complexity index is 596. The number of hydrogen-bond donors (Lipinski definition) is 0. The van der Waals surface area contributed by atoms with Crippen molar-refractivity contribution in [1.29, 1.82) is 0 Å². The highest BCUT2D eigenvalue weighted by molar-refractivity contribution is 14.1. The van der Waals surface area contributed by atoms with Crippen molar-refractivity contribution in [2.24, 2.45) is 0 Å². The van der Waals surface area contributed by atoms with Gasteiger partial charge in [0, 0.05) is 20.6 Å². The lowest BCUT2D eigenvalue weighted by atomic mass is 10.1. The molecule has 0 bridgehead atoms. The van der Waals surface area contributed by atoms with Crippen LogP contribution in [0.2, 0.25) is 5.02 Å². The summed E-state index contributed by atoms with van der Waals surface area (Å²) in [5.41, 5.74) is 2.19. The van der Waals surface area contributed by atoms with Crippen molar-refractivity contribution in [3.05, 3.63) is 56.1 Å². The van der Waals surface area contributed by atoms with E-state index in [9.17, 15) is 0 Å². The first kappa shape index (κ1) is 13.1. The van der Waals surface area contributed by atoms with E-state index in [1.165, 1.54) is 9.13 Å². The van der Waals surface area contributed by atoms with Crippen molar-refractivity contribution < 1.29 is 9.47 Å². The van der Waals surface area contributed by atoms with Gasteiger partial charge in [0.05, 0.1) is 6.61 Å². The summed E-state index contributed by atoms with van der Waals surface area (Å²) in [5, 5.41) is 0.741. The van der Waals surface area contributed by atoms with Crippen molar-refractivity contribution in [2.45, 2.75) is 13.0 Å². The van der Waals surface area contributed by atoms with Gasteiger partial charge in [-0.25, -0.2) is 0 Å². The van der Waals surface area contributed by atoms with Gasteiger partial charge in [0.15, 0.2) is 0 Å². The summed E-state index contributed by atoms with van der Waals surface area (Å²) in [4.78, 5) is 0. The molecular formula is C15H12ClIO2. The molecule has 0 atom stereocenters. The second-order valence-electron chi connectivity index (χ2n) is 4.39. The molecule has 2 aromatic carbocycles. The van der Waals surface area contributed by atoms with E-state index in [1.54, 1.807) is 0 Å². The summed E-state index contributed by atoms with van der Waals surface area (Å²) >= 11 is 8.39. The van der Waals surface area contributed by atoms with Gasteiger partial charge in [-0.1, -0.05) is 11.6 Å². The van der Waals surface area contributed by atoms with Crippen molar-refractivity contribution in [1.82, 2.24) is 0 Å². The van der Waals surface area contributed by atoms with Gasteiger partial charge in [0.1, 0.15) is 18.1 Å². The second kappa shape index (κ2) is 5.59. The fourth-order valence-electron chi connectivity index (χ4n) is 2.15. The molecule has 1 heterocycles. The van der Waals surface area contributed by atoms with Crippen LogP contribution in [0.25, 0.3) is 0 Å². The Hall–Kier alpha value is -0.940. The maximum absolute atomic E-state index is 6.12. The standard InChI is InChI=1S/C15H12ClIO2/c16-12-7-10-5-6-18-15(10)11(8-12)9-19-14-3-1-13(17)2-4-14/h1-4,7-8H,5-6,9H2. The third kappa shape index (κ3) is 2.98. The van der Waals surface area contributed by atoms with E-state index in [4.69, 9.17) is 21.1 Å². The molecule has 0 radical (unpaired) electrons. The molecule has 0 amide bonds. The molecule has 0 aliphatic carbocycles. The maximum atomic E-state index is 6.12. The number of halogens is 2. The molecule has 0 spiro atoms. The van der Waals surface area contributed by atoms with Gasteiger partial charge in [-0.2, -0.15) is 0 Å². The molecule has 2 nitrogen and oxygen atoms in total. The molecular weight excluding hydrogens is 375 g/mol. The van der Waals surface area contributed by atoms with Crippen molar-refractivity contribution >= 4 is 34.2 Å². The molecule has 2 aromatic rings. The zero-order valence-electron chi connectivity index (χ0n) is 10.2. The fraction of sp³-hybridized carbons (Fsp3) is 0.200. The fourth-order valence-corrected chi connectivity index (χ4v) is 2.77. The van der Waals surface area contributed by atoms with E-state index in [0.29, 0.717) is 6.61 Å². The summed E-state index contributed by atoms with van der Waals surface area (Å²) in [6.45, 7) is 1.20. The lowest BCUT2D eigenvalue weighted by Crippen LogP contribution is -1.98. The minimum Gasteiger partial charge on any atom is -0.493 e. The summed E-state index contributed by atoms with van der Waals surface area (Å²) in [5.74, 6) is 1.79. The van der Waals surface area contributed by atoms with Gasteiger partial charge in [-0.05, 0) is 64.6 Å². The number of benzene rings is 2. The van der Waals surface area contributed by atoms with Gasteiger partial charge >= 0.3 is 0 Å². The Morgan fingerprint density at radius 3 is 2.79 bits per heavy atom. The molecule has 0 unspecified atom stereocenters. The average Bonchev–Trinajstić information content (AvgIpc) is 2.85. The predicted octanol–water partition coefficient (Wildman–Crippen LogP) is 4.46. The van der Waals surface area contributed by atoms with Gasteiger partial charge in [-0.15, -0.1) is 0 Å². The van der Waals surface area contributed by atoms with Crippen LogP contribution in [0.15, 0.2) is 36.4 Å². The first-order chi connectivity index (χ1) is 9.22. The van der Waals surface area contributed by atoms with Gasteiger partial charge < -0.3 is 9.47 Å².